The quantitative estimate of drug-likeness (QED) is 0.143. The number of fused-ring (bicyclic) bond motifs is 7. The van der Waals surface area contributed by atoms with Crippen LogP contribution in [0.15, 0.2) is 182 Å². The zero-order valence-electron chi connectivity index (χ0n) is 25.3. The van der Waals surface area contributed by atoms with Crippen molar-refractivity contribution in [2.45, 2.75) is 0 Å². The number of rotatable bonds is 4. The first-order valence-corrected chi connectivity index (χ1v) is 15.9. The molecule has 9 aromatic rings. The lowest BCUT2D eigenvalue weighted by Gasteiger charge is -2.22. The highest BCUT2D eigenvalue weighted by Gasteiger charge is 2.22. The summed E-state index contributed by atoms with van der Waals surface area (Å²) in [6.45, 7) is 0. The third-order valence-electron chi connectivity index (χ3n) is 9.42. The van der Waals surface area contributed by atoms with Gasteiger partial charge in [0.05, 0.1) is 0 Å². The second-order valence-electron chi connectivity index (χ2n) is 12.0. The largest absolute Gasteiger partial charge is 0.0622 e. The third-order valence-corrected chi connectivity index (χ3v) is 9.42. The average molecular weight is 583 g/mol. The summed E-state index contributed by atoms with van der Waals surface area (Å²) in [6.07, 6.45) is 0. The van der Waals surface area contributed by atoms with E-state index in [9.17, 15) is 0 Å². The first-order chi connectivity index (χ1) is 22.8. The molecule has 0 heteroatoms. The van der Waals surface area contributed by atoms with Gasteiger partial charge in [0.2, 0.25) is 0 Å². The van der Waals surface area contributed by atoms with Crippen molar-refractivity contribution in [2.75, 3.05) is 0 Å². The molecule has 0 aromatic heterocycles. The summed E-state index contributed by atoms with van der Waals surface area (Å²) in [6, 6.07) is 66.5. The van der Waals surface area contributed by atoms with E-state index in [0.717, 1.165) is 0 Å². The Kier molecular flexibility index (Phi) is 6.25. The lowest BCUT2D eigenvalue weighted by Crippen LogP contribution is -1.94. The molecule has 0 spiro atoms. The summed E-state index contributed by atoms with van der Waals surface area (Å²) in [5.74, 6) is 0. The van der Waals surface area contributed by atoms with Gasteiger partial charge in [-0.15, -0.1) is 0 Å². The summed E-state index contributed by atoms with van der Waals surface area (Å²) < 4.78 is 0. The van der Waals surface area contributed by atoms with Crippen molar-refractivity contribution >= 4 is 43.1 Å². The fraction of sp³-hybridized carbons (Fsp3) is 0. The van der Waals surface area contributed by atoms with E-state index in [0.29, 0.717) is 0 Å². The highest BCUT2D eigenvalue weighted by atomic mass is 14.2. The molecule has 9 aromatic carbocycles. The van der Waals surface area contributed by atoms with Crippen LogP contribution >= 0.6 is 0 Å². The second kappa shape index (κ2) is 10.9. The fourth-order valence-electron chi connectivity index (χ4n) is 7.38. The molecule has 46 heavy (non-hydrogen) atoms. The van der Waals surface area contributed by atoms with Gasteiger partial charge in [0.1, 0.15) is 0 Å². The van der Waals surface area contributed by atoms with Crippen molar-refractivity contribution < 1.29 is 0 Å². The summed E-state index contributed by atoms with van der Waals surface area (Å²) in [5.41, 5.74) is 9.95. The molecule has 0 radical (unpaired) electrons. The molecule has 0 atom stereocenters. The molecule has 0 aliphatic rings. The van der Waals surface area contributed by atoms with Crippen LogP contribution in [0.25, 0.3) is 87.6 Å². The molecule has 0 aliphatic carbocycles. The Morgan fingerprint density at radius 1 is 0.196 bits per heavy atom. The summed E-state index contributed by atoms with van der Waals surface area (Å²) in [4.78, 5) is 0. The van der Waals surface area contributed by atoms with Crippen LogP contribution in [-0.4, -0.2) is 0 Å². The standard InChI is InChI=1S/C46H30/c1-5-15-31(16-6-1)35-25-27-39-41(29-35)42-30-36(32-17-7-2-8-18-32)26-28-40(42)46-44(34-21-11-4-12-22-34)38-24-14-13-23-37(38)43(45(39)46)33-19-9-3-10-20-33/h1-30H. The van der Waals surface area contributed by atoms with Crippen LogP contribution in [0.5, 0.6) is 0 Å². The molecule has 0 N–H and O–H groups in total. The van der Waals surface area contributed by atoms with Crippen LogP contribution in [0.2, 0.25) is 0 Å². The Morgan fingerprint density at radius 2 is 0.522 bits per heavy atom. The van der Waals surface area contributed by atoms with E-state index in [2.05, 4.69) is 182 Å². The van der Waals surface area contributed by atoms with Crippen molar-refractivity contribution in [2.24, 2.45) is 0 Å². The Bertz CT molecular complexity index is 2350. The highest BCUT2D eigenvalue weighted by molar-refractivity contribution is 6.37. The third kappa shape index (κ3) is 4.23. The summed E-state index contributed by atoms with van der Waals surface area (Å²) in [7, 11) is 0. The van der Waals surface area contributed by atoms with Crippen LogP contribution in [0, 0.1) is 0 Å². The van der Waals surface area contributed by atoms with Crippen LogP contribution < -0.4 is 0 Å². The van der Waals surface area contributed by atoms with E-state index < -0.39 is 0 Å². The maximum absolute atomic E-state index is 2.41. The minimum absolute atomic E-state index is 1.23. The molecular formula is C46H30. The van der Waals surface area contributed by atoms with Crippen LogP contribution in [0.1, 0.15) is 0 Å². The van der Waals surface area contributed by atoms with Crippen molar-refractivity contribution in [3.63, 3.8) is 0 Å². The molecule has 214 valence electrons. The number of hydrogen-bond donors (Lipinski definition) is 0. The van der Waals surface area contributed by atoms with Crippen molar-refractivity contribution in [3.8, 4) is 44.5 Å². The van der Waals surface area contributed by atoms with Gasteiger partial charge in [0.25, 0.3) is 0 Å². The van der Waals surface area contributed by atoms with E-state index in [1.165, 1.54) is 87.6 Å². The molecule has 9 rings (SSSR count). The zero-order valence-corrected chi connectivity index (χ0v) is 25.3. The van der Waals surface area contributed by atoms with E-state index in [1.807, 2.05) is 0 Å². The molecular weight excluding hydrogens is 553 g/mol. The van der Waals surface area contributed by atoms with Gasteiger partial charge < -0.3 is 0 Å². The molecule has 0 aliphatic heterocycles. The molecule has 0 saturated carbocycles. The Hall–Kier alpha value is -5.98. The van der Waals surface area contributed by atoms with Gasteiger partial charge in [-0.1, -0.05) is 170 Å². The van der Waals surface area contributed by atoms with Crippen molar-refractivity contribution in [3.05, 3.63) is 182 Å². The van der Waals surface area contributed by atoms with E-state index in [4.69, 9.17) is 0 Å². The first-order valence-electron chi connectivity index (χ1n) is 15.9. The lowest BCUT2D eigenvalue weighted by atomic mass is 9.81. The summed E-state index contributed by atoms with van der Waals surface area (Å²) >= 11 is 0. The van der Waals surface area contributed by atoms with Gasteiger partial charge in [-0.3, -0.25) is 0 Å². The smallest absolute Gasteiger partial charge is 0.000763 e. The monoisotopic (exact) mass is 582 g/mol. The highest BCUT2D eigenvalue weighted by Crippen LogP contribution is 2.50. The maximum atomic E-state index is 2.41. The molecule has 0 nitrogen and oxygen atoms in total. The van der Waals surface area contributed by atoms with Gasteiger partial charge in [-0.05, 0) is 99.7 Å². The minimum atomic E-state index is 1.23. The van der Waals surface area contributed by atoms with Gasteiger partial charge in [-0.2, -0.15) is 0 Å². The normalized spacial score (nSPS) is 11.5. The predicted molar refractivity (Wildman–Crippen MR) is 198 cm³/mol. The van der Waals surface area contributed by atoms with Gasteiger partial charge in [0, 0.05) is 0 Å². The van der Waals surface area contributed by atoms with Gasteiger partial charge in [0.15, 0.2) is 0 Å². The molecule has 0 heterocycles. The van der Waals surface area contributed by atoms with E-state index in [-0.39, 0.29) is 0 Å². The predicted octanol–water partition coefficient (Wildman–Crippen LogP) is 13.0. The topological polar surface area (TPSA) is 0 Å². The first kappa shape index (κ1) is 26.4. The van der Waals surface area contributed by atoms with Crippen molar-refractivity contribution in [1.82, 2.24) is 0 Å². The maximum Gasteiger partial charge on any atom is -0.000763 e. The zero-order chi connectivity index (χ0) is 30.5. The van der Waals surface area contributed by atoms with Crippen LogP contribution in [-0.2, 0) is 0 Å². The second-order valence-corrected chi connectivity index (χ2v) is 12.0. The van der Waals surface area contributed by atoms with Gasteiger partial charge >= 0.3 is 0 Å². The van der Waals surface area contributed by atoms with Crippen molar-refractivity contribution in [1.29, 1.82) is 0 Å². The lowest BCUT2D eigenvalue weighted by molar-refractivity contribution is 1.64. The number of benzene rings is 9. The van der Waals surface area contributed by atoms with Crippen LogP contribution in [0.3, 0.4) is 0 Å². The molecule has 0 amide bonds. The molecule has 0 unspecified atom stereocenters. The SMILES string of the molecule is c1ccc(-c2ccc3c(c2)c2cc(-c4ccccc4)ccc2c2c(-c4ccccc4)c4ccccc4c(-c4ccccc4)c32)cc1. The average Bonchev–Trinajstić information content (AvgIpc) is 3.15. The van der Waals surface area contributed by atoms with Gasteiger partial charge in [-0.25, -0.2) is 0 Å². The summed E-state index contributed by atoms with van der Waals surface area (Å²) in [5, 5.41) is 10.2. The Balaban J connectivity index is 1.55. The van der Waals surface area contributed by atoms with Crippen LogP contribution in [0.4, 0.5) is 0 Å². The van der Waals surface area contributed by atoms with E-state index in [1.54, 1.807) is 0 Å². The molecule has 0 fully saturated rings. The van der Waals surface area contributed by atoms with E-state index >= 15 is 0 Å². The molecule has 0 bridgehead atoms. The molecule has 0 saturated heterocycles. The minimum Gasteiger partial charge on any atom is -0.0622 e. The fourth-order valence-corrected chi connectivity index (χ4v) is 7.38. The number of hydrogen-bond acceptors (Lipinski definition) is 0. The Labute approximate surface area is 268 Å². The Morgan fingerprint density at radius 3 is 0.891 bits per heavy atom.